The molecule has 2 atom stereocenters. The van der Waals surface area contributed by atoms with Crippen molar-refractivity contribution in [1.82, 2.24) is 14.9 Å². The van der Waals surface area contributed by atoms with Gasteiger partial charge in [-0.25, -0.2) is 17.5 Å². The summed E-state index contributed by atoms with van der Waals surface area (Å²) in [5.41, 5.74) is -0.502. The molecule has 1 aliphatic carbocycles. The van der Waals surface area contributed by atoms with Gasteiger partial charge in [-0.3, -0.25) is 0 Å². The van der Waals surface area contributed by atoms with E-state index in [0.29, 0.717) is 19.0 Å². The maximum atomic E-state index is 11.7. The molecule has 2 unspecified atom stereocenters. The Kier molecular flexibility index (Phi) is 7.29. The van der Waals surface area contributed by atoms with E-state index in [9.17, 15) is 13.2 Å². The molecule has 1 rings (SSSR count). The van der Waals surface area contributed by atoms with Gasteiger partial charge in [0.05, 0.1) is 5.75 Å². The van der Waals surface area contributed by atoms with E-state index in [2.05, 4.69) is 10.6 Å². The lowest BCUT2D eigenvalue weighted by Crippen LogP contribution is -2.42. The summed E-state index contributed by atoms with van der Waals surface area (Å²) in [6.45, 7) is 6.47. The summed E-state index contributed by atoms with van der Waals surface area (Å²) in [6, 6.07) is 0.238. The van der Waals surface area contributed by atoms with Crippen LogP contribution in [0.2, 0.25) is 0 Å². The molecule has 1 fully saturated rings. The summed E-state index contributed by atoms with van der Waals surface area (Å²) in [4.78, 5) is 11.7. The smallest absolute Gasteiger partial charge is 0.407 e. The summed E-state index contributed by atoms with van der Waals surface area (Å²) in [5.74, 6) is 0.396. The number of ether oxygens (including phenoxy) is 1. The number of amides is 1. The Labute approximate surface area is 140 Å². The second kappa shape index (κ2) is 8.30. The Morgan fingerprint density at radius 1 is 1.26 bits per heavy atom. The molecule has 0 aliphatic heterocycles. The lowest BCUT2D eigenvalue weighted by atomic mass is 10.0. The molecule has 0 spiro atoms. The first kappa shape index (κ1) is 20.2. The number of sulfonamides is 1. The Balaban J connectivity index is 2.36. The van der Waals surface area contributed by atoms with Gasteiger partial charge in [0.1, 0.15) is 5.60 Å². The number of carbonyl (C=O) groups is 1. The first-order valence-corrected chi connectivity index (χ1v) is 9.72. The van der Waals surface area contributed by atoms with E-state index in [1.807, 2.05) is 20.8 Å². The van der Waals surface area contributed by atoms with Gasteiger partial charge in [-0.1, -0.05) is 6.42 Å². The van der Waals surface area contributed by atoms with Gasteiger partial charge in [0, 0.05) is 33.2 Å². The van der Waals surface area contributed by atoms with E-state index >= 15 is 0 Å². The predicted octanol–water partition coefficient (Wildman–Crippen LogP) is 1.16. The van der Waals surface area contributed by atoms with Crippen LogP contribution in [-0.4, -0.2) is 63.4 Å². The summed E-state index contributed by atoms with van der Waals surface area (Å²) >= 11 is 0. The minimum atomic E-state index is -3.17. The summed E-state index contributed by atoms with van der Waals surface area (Å²) in [7, 11) is -0.0921. The van der Waals surface area contributed by atoms with Crippen LogP contribution in [-0.2, 0) is 14.8 Å². The number of hydrogen-bond donors (Lipinski definition) is 2. The molecule has 0 aromatic heterocycles. The van der Waals surface area contributed by atoms with Gasteiger partial charge in [0.15, 0.2) is 0 Å². The maximum absolute atomic E-state index is 11.7. The molecule has 0 aromatic rings. The molecule has 0 bridgehead atoms. The topological polar surface area (TPSA) is 87.7 Å². The van der Waals surface area contributed by atoms with E-state index in [1.54, 1.807) is 14.1 Å². The van der Waals surface area contributed by atoms with Crippen molar-refractivity contribution in [3.63, 3.8) is 0 Å². The zero-order valence-electron chi connectivity index (χ0n) is 14.9. The van der Waals surface area contributed by atoms with E-state index in [-0.39, 0.29) is 11.8 Å². The molecule has 8 heteroatoms. The molecule has 1 amide bonds. The zero-order valence-corrected chi connectivity index (χ0v) is 15.7. The van der Waals surface area contributed by atoms with E-state index in [4.69, 9.17) is 4.74 Å². The number of nitrogens with one attached hydrogen (secondary N) is 2. The molecule has 2 N–H and O–H groups in total. The lowest BCUT2D eigenvalue weighted by Gasteiger charge is -2.24. The van der Waals surface area contributed by atoms with Crippen LogP contribution in [0.15, 0.2) is 0 Å². The van der Waals surface area contributed by atoms with Gasteiger partial charge < -0.3 is 15.4 Å². The van der Waals surface area contributed by atoms with E-state index in [0.717, 1.165) is 19.3 Å². The monoisotopic (exact) mass is 349 g/mol. The van der Waals surface area contributed by atoms with Crippen LogP contribution in [0, 0.1) is 5.92 Å². The van der Waals surface area contributed by atoms with Crippen molar-refractivity contribution in [2.75, 3.05) is 32.9 Å². The largest absolute Gasteiger partial charge is 0.444 e. The Bertz CT molecular complexity index is 485. The molecule has 136 valence electrons. The zero-order chi connectivity index (χ0) is 17.7. The fourth-order valence-electron chi connectivity index (χ4n) is 2.63. The molecular formula is C15H31N3O4S. The highest BCUT2D eigenvalue weighted by Crippen LogP contribution is 2.25. The lowest BCUT2D eigenvalue weighted by molar-refractivity contribution is 0.0517. The second-order valence-corrected chi connectivity index (χ2v) is 9.54. The summed E-state index contributed by atoms with van der Waals surface area (Å²) in [5, 5.41) is 6.13. The highest BCUT2D eigenvalue weighted by atomic mass is 32.2. The fourth-order valence-corrected chi connectivity index (χ4v) is 3.38. The number of hydrogen-bond acceptors (Lipinski definition) is 5. The van der Waals surface area contributed by atoms with Gasteiger partial charge >= 0.3 is 6.09 Å². The maximum Gasteiger partial charge on any atom is 0.407 e. The number of rotatable bonds is 7. The molecule has 1 saturated carbocycles. The number of nitrogens with zero attached hydrogens (tertiary/aromatic N) is 1. The highest BCUT2D eigenvalue weighted by Gasteiger charge is 2.28. The third-order valence-corrected chi connectivity index (χ3v) is 5.72. The number of carbonyl (C=O) groups excluding carboxylic acids is 1. The number of alkyl carbamates (subject to hydrolysis) is 1. The molecule has 23 heavy (non-hydrogen) atoms. The molecule has 7 nitrogen and oxygen atoms in total. The molecule has 0 aromatic carbocycles. The first-order chi connectivity index (χ1) is 10.5. The molecular weight excluding hydrogens is 318 g/mol. The average molecular weight is 349 g/mol. The van der Waals surface area contributed by atoms with Gasteiger partial charge in [0.2, 0.25) is 10.0 Å². The van der Waals surface area contributed by atoms with Crippen LogP contribution in [0.25, 0.3) is 0 Å². The van der Waals surface area contributed by atoms with Crippen LogP contribution < -0.4 is 10.6 Å². The van der Waals surface area contributed by atoms with Crippen molar-refractivity contribution in [3.05, 3.63) is 0 Å². The third kappa shape index (κ3) is 7.50. The Hall–Kier alpha value is -0.860. The van der Waals surface area contributed by atoms with Crippen LogP contribution >= 0.6 is 0 Å². The first-order valence-electron chi connectivity index (χ1n) is 8.12. The second-order valence-electron chi connectivity index (χ2n) is 7.23. The van der Waals surface area contributed by atoms with Crippen molar-refractivity contribution < 1.29 is 17.9 Å². The van der Waals surface area contributed by atoms with Crippen LogP contribution in [0.1, 0.15) is 40.0 Å². The van der Waals surface area contributed by atoms with Crippen molar-refractivity contribution in [1.29, 1.82) is 0 Å². The third-order valence-electron chi connectivity index (χ3n) is 3.89. The normalized spacial score (nSPS) is 22.3. The van der Waals surface area contributed by atoms with Crippen molar-refractivity contribution in [3.8, 4) is 0 Å². The highest BCUT2D eigenvalue weighted by molar-refractivity contribution is 7.89. The van der Waals surface area contributed by atoms with E-state index in [1.165, 1.54) is 4.31 Å². The Morgan fingerprint density at radius 3 is 2.48 bits per heavy atom. The summed E-state index contributed by atoms with van der Waals surface area (Å²) in [6.07, 6.45) is 2.70. The van der Waals surface area contributed by atoms with Crippen molar-refractivity contribution in [2.24, 2.45) is 5.92 Å². The predicted molar refractivity (Wildman–Crippen MR) is 90.8 cm³/mol. The summed E-state index contributed by atoms with van der Waals surface area (Å²) < 4.78 is 30.0. The molecule has 0 saturated heterocycles. The van der Waals surface area contributed by atoms with Gasteiger partial charge in [-0.15, -0.1) is 0 Å². The van der Waals surface area contributed by atoms with Crippen molar-refractivity contribution in [2.45, 2.75) is 51.7 Å². The van der Waals surface area contributed by atoms with Gasteiger partial charge in [-0.05, 0) is 39.5 Å². The molecule has 0 heterocycles. The van der Waals surface area contributed by atoms with Gasteiger partial charge in [-0.2, -0.15) is 0 Å². The van der Waals surface area contributed by atoms with Gasteiger partial charge in [0.25, 0.3) is 0 Å². The minimum Gasteiger partial charge on any atom is -0.444 e. The van der Waals surface area contributed by atoms with Crippen LogP contribution in [0.4, 0.5) is 4.79 Å². The average Bonchev–Trinajstić information content (AvgIpc) is 2.81. The van der Waals surface area contributed by atoms with Crippen LogP contribution in [0.3, 0.4) is 0 Å². The van der Waals surface area contributed by atoms with Crippen molar-refractivity contribution >= 4 is 16.1 Å². The molecule has 1 aliphatic rings. The van der Waals surface area contributed by atoms with Crippen LogP contribution in [0.5, 0.6) is 0 Å². The fraction of sp³-hybridized carbons (Fsp3) is 0.933. The minimum absolute atomic E-state index is 0.0860. The SMILES string of the molecule is CN(C)S(=O)(=O)CCNC1CCCC1CNC(=O)OC(C)(C)C. The standard InChI is InChI=1S/C15H31N3O4S/c1-15(2,3)22-14(19)17-11-12-7-6-8-13(12)16-9-10-23(20,21)18(4)5/h12-13,16H,6-11H2,1-5H3,(H,17,19). The quantitative estimate of drug-likeness (QED) is 0.720. The molecule has 0 radical (unpaired) electrons. The Morgan fingerprint density at radius 2 is 1.91 bits per heavy atom. The van der Waals surface area contributed by atoms with E-state index < -0.39 is 21.7 Å².